The summed E-state index contributed by atoms with van der Waals surface area (Å²) in [5.41, 5.74) is 1.55. The van der Waals surface area contributed by atoms with E-state index in [9.17, 15) is 4.79 Å². The minimum absolute atomic E-state index is 0.00601. The Bertz CT molecular complexity index is 749. The number of fused-ring (bicyclic) bond motifs is 1. The van der Waals surface area contributed by atoms with Crippen LogP contribution in [0.3, 0.4) is 0 Å². The zero-order valence-corrected chi connectivity index (χ0v) is 14.4. The average Bonchev–Trinajstić information content (AvgIpc) is 2.96. The zero-order valence-electron chi connectivity index (χ0n) is 13.7. The van der Waals surface area contributed by atoms with Crippen molar-refractivity contribution in [3.63, 3.8) is 0 Å². The minimum atomic E-state index is -0.00601. The molecule has 1 aliphatic carbocycles. The van der Waals surface area contributed by atoms with E-state index in [4.69, 9.17) is 11.6 Å². The highest BCUT2D eigenvalue weighted by Crippen LogP contribution is 2.49. The third-order valence-electron chi connectivity index (χ3n) is 5.17. The predicted octanol–water partition coefficient (Wildman–Crippen LogP) is 2.18. The van der Waals surface area contributed by atoms with Gasteiger partial charge < -0.3 is 14.8 Å². The summed E-state index contributed by atoms with van der Waals surface area (Å²) in [6.07, 6.45) is 3.45. The van der Waals surface area contributed by atoms with Crippen LogP contribution in [0.5, 0.6) is 0 Å². The number of nitrogens with zero attached hydrogens (tertiary/aromatic N) is 3. The third kappa shape index (κ3) is 3.06. The highest BCUT2D eigenvalue weighted by molar-refractivity contribution is 6.30. The topological polar surface area (TPSA) is 50.2 Å². The molecule has 2 aromatic rings. The second kappa shape index (κ2) is 6.22. The first kappa shape index (κ1) is 15.7. The molecule has 6 heteroatoms. The van der Waals surface area contributed by atoms with Crippen LogP contribution in [0.4, 0.5) is 0 Å². The Hall–Kier alpha value is -1.85. The molecule has 1 saturated heterocycles. The van der Waals surface area contributed by atoms with Crippen molar-refractivity contribution in [2.45, 2.75) is 6.54 Å². The van der Waals surface area contributed by atoms with Gasteiger partial charge in [0.05, 0.1) is 6.33 Å². The summed E-state index contributed by atoms with van der Waals surface area (Å²) in [4.78, 5) is 19.1. The van der Waals surface area contributed by atoms with Gasteiger partial charge >= 0.3 is 0 Å². The van der Waals surface area contributed by atoms with Crippen LogP contribution >= 0.6 is 11.6 Å². The Morgan fingerprint density at radius 3 is 2.88 bits per heavy atom. The van der Waals surface area contributed by atoms with E-state index in [2.05, 4.69) is 10.3 Å². The largest absolute Gasteiger partial charge is 0.340 e. The Kier molecular flexibility index (Phi) is 4.06. The molecule has 1 N–H and O–H groups in total. The molecule has 0 spiro atoms. The van der Waals surface area contributed by atoms with Crippen LogP contribution in [0, 0.1) is 17.8 Å². The van der Waals surface area contributed by atoms with Crippen molar-refractivity contribution in [1.82, 2.24) is 19.8 Å². The lowest BCUT2D eigenvalue weighted by Crippen LogP contribution is -2.34. The average molecular weight is 345 g/mol. The molecule has 5 nitrogen and oxygen atoms in total. The number of benzene rings is 1. The van der Waals surface area contributed by atoms with Crippen LogP contribution in [-0.2, 0) is 13.6 Å². The maximum Gasteiger partial charge on any atom is 0.274 e. The Morgan fingerprint density at radius 2 is 2.21 bits per heavy atom. The maximum atomic E-state index is 12.9. The molecule has 3 atom stereocenters. The number of imidazole rings is 1. The molecule has 4 rings (SSSR count). The quantitative estimate of drug-likeness (QED) is 0.904. The number of carbonyl (C=O) groups excluding carboxylic acids is 1. The molecule has 0 radical (unpaired) electrons. The molecule has 2 aliphatic rings. The maximum absolute atomic E-state index is 12.9. The van der Waals surface area contributed by atoms with Gasteiger partial charge in [-0.1, -0.05) is 23.7 Å². The standard InChI is InChI=1S/C18H21ClN4O/c1-22-10-17(21-11-22)18(24)23(8-12-3-2-4-13(19)5-12)9-16-14-6-20-7-15(14)16/h2-5,10-11,14-16,20H,6-9H2,1H3/t14-,15+,16?. The number of aromatic nitrogens is 2. The van der Waals surface area contributed by atoms with E-state index >= 15 is 0 Å². The van der Waals surface area contributed by atoms with Gasteiger partial charge in [0.15, 0.2) is 0 Å². The number of nitrogens with one attached hydrogen (secondary N) is 1. The molecule has 24 heavy (non-hydrogen) atoms. The fourth-order valence-corrected chi connectivity index (χ4v) is 4.04. The number of hydrogen-bond donors (Lipinski definition) is 1. The van der Waals surface area contributed by atoms with Crippen molar-refractivity contribution in [1.29, 1.82) is 0 Å². The van der Waals surface area contributed by atoms with Gasteiger partial charge in [-0.15, -0.1) is 0 Å². The van der Waals surface area contributed by atoms with Crippen molar-refractivity contribution in [3.05, 3.63) is 53.1 Å². The van der Waals surface area contributed by atoms with Crippen LogP contribution < -0.4 is 5.32 Å². The van der Waals surface area contributed by atoms with Gasteiger partial charge in [0.2, 0.25) is 0 Å². The van der Waals surface area contributed by atoms with Crippen molar-refractivity contribution in [2.75, 3.05) is 19.6 Å². The molecule has 2 heterocycles. The van der Waals surface area contributed by atoms with E-state index in [-0.39, 0.29) is 5.91 Å². The summed E-state index contributed by atoms with van der Waals surface area (Å²) in [6.45, 7) is 3.52. The Balaban J connectivity index is 1.53. The number of hydrogen-bond acceptors (Lipinski definition) is 3. The van der Waals surface area contributed by atoms with E-state index in [0.717, 1.165) is 37.0 Å². The van der Waals surface area contributed by atoms with Crippen molar-refractivity contribution in [3.8, 4) is 0 Å². The van der Waals surface area contributed by atoms with Crippen molar-refractivity contribution in [2.24, 2.45) is 24.8 Å². The van der Waals surface area contributed by atoms with Gasteiger partial charge in [-0.05, 0) is 48.5 Å². The minimum Gasteiger partial charge on any atom is -0.340 e. The van der Waals surface area contributed by atoms with Gasteiger partial charge in [-0.25, -0.2) is 4.98 Å². The molecule has 1 aliphatic heterocycles. The molecular weight excluding hydrogens is 324 g/mol. The second-order valence-electron chi connectivity index (χ2n) is 6.89. The van der Waals surface area contributed by atoms with Crippen LogP contribution in [0.2, 0.25) is 5.02 Å². The highest BCUT2D eigenvalue weighted by atomic mass is 35.5. The molecule has 1 amide bonds. The van der Waals surface area contributed by atoms with Gasteiger partial charge in [-0.3, -0.25) is 4.79 Å². The predicted molar refractivity (Wildman–Crippen MR) is 92.7 cm³/mol. The van der Waals surface area contributed by atoms with E-state index in [1.165, 1.54) is 0 Å². The molecule has 1 aromatic carbocycles. The molecule has 0 bridgehead atoms. The lowest BCUT2D eigenvalue weighted by Gasteiger charge is -2.23. The molecule has 126 valence electrons. The van der Waals surface area contributed by atoms with E-state index < -0.39 is 0 Å². The lowest BCUT2D eigenvalue weighted by molar-refractivity contribution is 0.0723. The summed E-state index contributed by atoms with van der Waals surface area (Å²) in [7, 11) is 1.88. The summed E-state index contributed by atoms with van der Waals surface area (Å²) in [5, 5.41) is 4.11. The summed E-state index contributed by atoms with van der Waals surface area (Å²) in [6, 6.07) is 7.72. The van der Waals surface area contributed by atoms with Gasteiger partial charge in [0, 0.05) is 31.4 Å². The summed E-state index contributed by atoms with van der Waals surface area (Å²) < 4.78 is 1.81. The molecule has 1 unspecified atom stereocenters. The number of carbonyl (C=O) groups is 1. The first-order chi connectivity index (χ1) is 11.6. The van der Waals surface area contributed by atoms with E-state index in [0.29, 0.717) is 23.2 Å². The Morgan fingerprint density at radius 1 is 1.42 bits per heavy atom. The SMILES string of the molecule is Cn1cnc(C(=O)N(Cc2cccc(Cl)c2)CC2[C@H]3CNC[C@@H]23)c1. The normalized spacial score (nSPS) is 24.7. The summed E-state index contributed by atoms with van der Waals surface area (Å²) >= 11 is 6.10. The van der Waals surface area contributed by atoms with Crippen molar-refractivity contribution >= 4 is 17.5 Å². The molecule has 1 aromatic heterocycles. The van der Waals surface area contributed by atoms with E-state index in [1.54, 1.807) is 17.1 Å². The fraction of sp³-hybridized carbons (Fsp3) is 0.444. The molecule has 1 saturated carbocycles. The fourth-order valence-electron chi connectivity index (χ4n) is 3.83. The number of amides is 1. The number of piperidine rings is 1. The van der Waals surface area contributed by atoms with Gasteiger partial charge in [0.25, 0.3) is 5.91 Å². The van der Waals surface area contributed by atoms with Crippen LogP contribution in [-0.4, -0.2) is 40.0 Å². The first-order valence-corrected chi connectivity index (χ1v) is 8.72. The monoisotopic (exact) mass is 344 g/mol. The van der Waals surface area contributed by atoms with Crippen LogP contribution in [0.15, 0.2) is 36.8 Å². The zero-order chi connectivity index (χ0) is 16.7. The van der Waals surface area contributed by atoms with Gasteiger partial charge in [-0.2, -0.15) is 0 Å². The molecular formula is C18H21ClN4O. The summed E-state index contributed by atoms with van der Waals surface area (Å²) in [5.74, 6) is 2.05. The third-order valence-corrected chi connectivity index (χ3v) is 5.41. The highest BCUT2D eigenvalue weighted by Gasteiger charge is 2.53. The van der Waals surface area contributed by atoms with Crippen LogP contribution in [0.25, 0.3) is 0 Å². The number of aryl methyl sites for hydroxylation is 1. The van der Waals surface area contributed by atoms with Crippen LogP contribution in [0.1, 0.15) is 16.1 Å². The second-order valence-corrected chi connectivity index (χ2v) is 7.33. The number of rotatable bonds is 5. The smallest absolute Gasteiger partial charge is 0.274 e. The van der Waals surface area contributed by atoms with Gasteiger partial charge in [0.1, 0.15) is 5.69 Å². The lowest BCUT2D eigenvalue weighted by atomic mass is 10.1. The first-order valence-electron chi connectivity index (χ1n) is 8.34. The van der Waals surface area contributed by atoms with Crippen molar-refractivity contribution < 1.29 is 4.79 Å². The Labute approximate surface area is 146 Å². The van der Waals surface area contributed by atoms with E-state index in [1.807, 2.05) is 36.2 Å². The molecule has 2 fully saturated rings. The number of halogens is 1.